The maximum atomic E-state index is 12.5. The molecule has 0 unspecified atom stereocenters. The molecule has 10 heteroatoms. The van der Waals surface area contributed by atoms with Crippen LogP contribution in [0.5, 0.6) is 5.75 Å². The van der Waals surface area contributed by atoms with Crippen LogP contribution in [0.2, 0.25) is 0 Å². The maximum Gasteiger partial charge on any atom is 0.339 e. The van der Waals surface area contributed by atoms with E-state index in [2.05, 4.69) is 15.5 Å². The molecule has 0 atom stereocenters. The average Bonchev–Trinajstić information content (AvgIpc) is 3.22. The first kappa shape index (κ1) is 22.1. The van der Waals surface area contributed by atoms with Crippen LogP contribution in [-0.4, -0.2) is 24.5 Å². The number of aromatic nitrogens is 2. The second-order valence-corrected chi connectivity index (χ2v) is 9.17. The Hall–Kier alpha value is -3.55. The summed E-state index contributed by atoms with van der Waals surface area (Å²) >= 11 is 1.22. The van der Waals surface area contributed by atoms with Crippen molar-refractivity contribution in [3.8, 4) is 11.8 Å². The summed E-state index contributed by atoms with van der Waals surface area (Å²) in [5, 5.41) is 20.9. The fourth-order valence-electron chi connectivity index (χ4n) is 2.42. The van der Waals surface area contributed by atoms with Crippen molar-refractivity contribution in [1.29, 1.82) is 5.26 Å². The van der Waals surface area contributed by atoms with E-state index in [0.717, 1.165) is 5.01 Å². The first-order chi connectivity index (χ1) is 14.8. The maximum absolute atomic E-state index is 12.5. The molecule has 0 spiro atoms. The van der Waals surface area contributed by atoms with Crippen molar-refractivity contribution in [1.82, 2.24) is 10.2 Å². The standard InChI is InChI=1S/C21H18N4O4S2/c1-14(2)20-24-25-21(30-20)23-19(26)16(13-22)12-15-8-6-7-11-18(15)29-31(27,28)17-9-4-3-5-10-17/h3-12,14H,1-2H3,(H,23,25,26)/b16-12-. The molecule has 0 aliphatic carbocycles. The molecule has 2 aromatic carbocycles. The summed E-state index contributed by atoms with van der Waals surface area (Å²) in [6.45, 7) is 3.90. The minimum absolute atomic E-state index is 0.00934. The van der Waals surface area contributed by atoms with Crippen molar-refractivity contribution in [3.05, 3.63) is 70.7 Å². The molecule has 0 aliphatic rings. The number of carbonyl (C=O) groups excluding carboxylic acids is 1. The monoisotopic (exact) mass is 454 g/mol. The van der Waals surface area contributed by atoms with Crippen LogP contribution in [0.25, 0.3) is 6.08 Å². The first-order valence-corrected chi connectivity index (χ1v) is 11.4. The Morgan fingerprint density at radius 2 is 1.81 bits per heavy atom. The summed E-state index contributed by atoms with van der Waals surface area (Å²) in [5.74, 6) is -0.538. The summed E-state index contributed by atoms with van der Waals surface area (Å²) in [7, 11) is -4.08. The van der Waals surface area contributed by atoms with Gasteiger partial charge < -0.3 is 4.18 Å². The molecule has 1 heterocycles. The summed E-state index contributed by atoms with van der Waals surface area (Å²) in [5.41, 5.74) is 0.0169. The predicted molar refractivity (Wildman–Crippen MR) is 117 cm³/mol. The molecule has 0 radical (unpaired) electrons. The smallest absolute Gasteiger partial charge is 0.339 e. The van der Waals surface area contributed by atoms with Gasteiger partial charge in [0.1, 0.15) is 27.3 Å². The molecule has 1 amide bonds. The number of nitriles is 1. The molecule has 0 saturated heterocycles. The van der Waals surface area contributed by atoms with Crippen molar-refractivity contribution in [3.63, 3.8) is 0 Å². The number of hydrogen-bond acceptors (Lipinski definition) is 8. The van der Waals surface area contributed by atoms with Crippen LogP contribution < -0.4 is 9.50 Å². The topological polar surface area (TPSA) is 122 Å². The summed E-state index contributed by atoms with van der Waals surface area (Å²) in [6, 6.07) is 15.7. The minimum atomic E-state index is -4.08. The summed E-state index contributed by atoms with van der Waals surface area (Å²) < 4.78 is 30.3. The molecule has 3 aromatic rings. The van der Waals surface area contributed by atoms with E-state index < -0.39 is 16.0 Å². The zero-order chi connectivity index (χ0) is 22.4. The highest BCUT2D eigenvalue weighted by atomic mass is 32.2. The number of hydrogen-bond donors (Lipinski definition) is 1. The molecule has 3 rings (SSSR count). The van der Waals surface area contributed by atoms with E-state index in [9.17, 15) is 18.5 Å². The number of nitrogens with one attached hydrogen (secondary N) is 1. The van der Waals surface area contributed by atoms with Gasteiger partial charge in [0.2, 0.25) is 5.13 Å². The van der Waals surface area contributed by atoms with Crippen LogP contribution in [-0.2, 0) is 14.9 Å². The SMILES string of the molecule is CC(C)c1nnc(NC(=O)/C(C#N)=C\c2ccccc2OS(=O)(=O)c2ccccc2)s1. The van der Waals surface area contributed by atoms with Crippen molar-refractivity contribution in [2.45, 2.75) is 24.7 Å². The molecular formula is C21H18N4O4S2. The quantitative estimate of drug-likeness (QED) is 0.325. The van der Waals surface area contributed by atoms with Gasteiger partial charge >= 0.3 is 10.1 Å². The van der Waals surface area contributed by atoms with Crippen molar-refractivity contribution >= 4 is 38.6 Å². The molecule has 0 bridgehead atoms. The second-order valence-electron chi connectivity index (χ2n) is 6.61. The van der Waals surface area contributed by atoms with Gasteiger partial charge in [0.15, 0.2) is 0 Å². The van der Waals surface area contributed by atoms with Gasteiger partial charge in [-0.05, 0) is 24.3 Å². The molecule has 0 saturated carbocycles. The second kappa shape index (κ2) is 9.51. The number of para-hydroxylation sites is 1. The molecule has 158 valence electrons. The molecule has 0 aliphatic heterocycles. The van der Waals surface area contributed by atoms with E-state index in [0.29, 0.717) is 0 Å². The van der Waals surface area contributed by atoms with Gasteiger partial charge in [0.05, 0.1) is 0 Å². The Morgan fingerprint density at radius 1 is 1.13 bits per heavy atom. The lowest BCUT2D eigenvalue weighted by Gasteiger charge is -2.10. The van der Waals surface area contributed by atoms with Gasteiger partial charge in [-0.2, -0.15) is 13.7 Å². The highest BCUT2D eigenvalue weighted by Gasteiger charge is 2.19. The van der Waals surface area contributed by atoms with E-state index in [1.807, 2.05) is 19.9 Å². The lowest BCUT2D eigenvalue weighted by atomic mass is 10.1. The molecular weight excluding hydrogens is 436 g/mol. The van der Waals surface area contributed by atoms with E-state index >= 15 is 0 Å². The van der Waals surface area contributed by atoms with Crippen LogP contribution in [0.1, 0.15) is 30.3 Å². The van der Waals surface area contributed by atoms with Crippen LogP contribution in [0.3, 0.4) is 0 Å². The fourth-order valence-corrected chi connectivity index (χ4v) is 4.13. The highest BCUT2D eigenvalue weighted by Crippen LogP contribution is 2.26. The van der Waals surface area contributed by atoms with E-state index in [-0.39, 0.29) is 32.8 Å². The summed E-state index contributed by atoms with van der Waals surface area (Å²) in [6.07, 6.45) is 1.26. The normalized spacial score (nSPS) is 11.7. The average molecular weight is 455 g/mol. The number of nitrogens with zero attached hydrogens (tertiary/aromatic N) is 3. The molecule has 31 heavy (non-hydrogen) atoms. The van der Waals surface area contributed by atoms with Gasteiger partial charge in [-0.15, -0.1) is 10.2 Å². The molecule has 8 nitrogen and oxygen atoms in total. The van der Waals surface area contributed by atoms with E-state index in [4.69, 9.17) is 4.18 Å². The van der Waals surface area contributed by atoms with Crippen LogP contribution in [0.15, 0.2) is 65.1 Å². The van der Waals surface area contributed by atoms with Crippen LogP contribution in [0, 0.1) is 11.3 Å². The Labute approximate surface area is 184 Å². The molecule has 0 fully saturated rings. The Bertz CT molecular complexity index is 1260. The van der Waals surface area contributed by atoms with Crippen LogP contribution in [0.4, 0.5) is 5.13 Å². The lowest BCUT2D eigenvalue weighted by Crippen LogP contribution is -2.13. The Morgan fingerprint density at radius 3 is 2.45 bits per heavy atom. The zero-order valence-corrected chi connectivity index (χ0v) is 18.3. The molecule has 1 aromatic heterocycles. The first-order valence-electron chi connectivity index (χ1n) is 9.15. The van der Waals surface area contributed by atoms with Gasteiger partial charge in [-0.1, -0.05) is 61.6 Å². The largest absolute Gasteiger partial charge is 0.378 e. The third-order valence-corrected chi connectivity index (χ3v) is 6.36. The number of rotatable bonds is 7. The number of anilines is 1. The third-order valence-electron chi connectivity index (χ3n) is 3.97. The van der Waals surface area contributed by atoms with Gasteiger partial charge in [-0.25, -0.2) is 0 Å². The van der Waals surface area contributed by atoms with Crippen molar-refractivity contribution in [2.24, 2.45) is 0 Å². The number of benzene rings is 2. The van der Waals surface area contributed by atoms with E-state index in [1.165, 1.54) is 35.6 Å². The minimum Gasteiger partial charge on any atom is -0.378 e. The molecule has 1 N–H and O–H groups in total. The van der Waals surface area contributed by atoms with Gasteiger partial charge in [-0.3, -0.25) is 10.1 Å². The lowest BCUT2D eigenvalue weighted by molar-refractivity contribution is -0.112. The van der Waals surface area contributed by atoms with E-state index in [1.54, 1.807) is 36.4 Å². The third kappa shape index (κ3) is 5.53. The zero-order valence-electron chi connectivity index (χ0n) is 16.6. The summed E-state index contributed by atoms with van der Waals surface area (Å²) in [4.78, 5) is 12.5. The van der Waals surface area contributed by atoms with Gasteiger partial charge in [0.25, 0.3) is 5.91 Å². The van der Waals surface area contributed by atoms with Crippen molar-refractivity contribution in [2.75, 3.05) is 5.32 Å². The fraction of sp³-hybridized carbons (Fsp3) is 0.143. The Balaban J connectivity index is 1.86. The number of amides is 1. The van der Waals surface area contributed by atoms with Crippen molar-refractivity contribution < 1.29 is 17.4 Å². The Kier molecular flexibility index (Phi) is 6.79. The van der Waals surface area contributed by atoms with Crippen LogP contribution >= 0.6 is 11.3 Å². The highest BCUT2D eigenvalue weighted by molar-refractivity contribution is 7.87. The number of carbonyl (C=O) groups is 1. The predicted octanol–water partition coefficient (Wildman–Crippen LogP) is 3.97. The van der Waals surface area contributed by atoms with Gasteiger partial charge in [0, 0.05) is 11.5 Å².